The molecule has 3 aromatic rings. The van der Waals surface area contributed by atoms with Gasteiger partial charge in [0.15, 0.2) is 5.82 Å². The molecule has 24 heavy (non-hydrogen) atoms. The van der Waals surface area contributed by atoms with Crippen molar-refractivity contribution in [1.29, 1.82) is 0 Å². The largest absolute Gasteiger partial charge is 0.367 e. The van der Waals surface area contributed by atoms with Crippen molar-refractivity contribution in [2.45, 2.75) is 25.8 Å². The summed E-state index contributed by atoms with van der Waals surface area (Å²) in [6.07, 6.45) is 4.47. The second kappa shape index (κ2) is 6.05. The number of aryl methyl sites for hydroxylation is 1. The fraction of sp³-hybridized carbons (Fsp3) is 0.353. The first-order valence-electron chi connectivity index (χ1n) is 8.09. The highest BCUT2D eigenvalue weighted by atomic mass is 79.9. The van der Waals surface area contributed by atoms with Gasteiger partial charge in [-0.3, -0.25) is 4.68 Å². The van der Waals surface area contributed by atoms with E-state index in [1.807, 2.05) is 37.5 Å². The Labute approximate surface area is 148 Å². The maximum Gasteiger partial charge on any atom is 0.231 e. The van der Waals surface area contributed by atoms with E-state index in [0.717, 1.165) is 32.9 Å². The number of halogens is 1. The van der Waals surface area contributed by atoms with E-state index < -0.39 is 0 Å². The van der Waals surface area contributed by atoms with Crippen LogP contribution in [0.1, 0.15) is 19.8 Å². The van der Waals surface area contributed by atoms with Crippen LogP contribution in [0.25, 0.3) is 10.9 Å². The summed E-state index contributed by atoms with van der Waals surface area (Å²) in [5.74, 6) is 2.87. The Kier molecular flexibility index (Phi) is 3.88. The van der Waals surface area contributed by atoms with E-state index in [1.54, 1.807) is 4.68 Å². The highest BCUT2D eigenvalue weighted by Crippen LogP contribution is 2.35. The molecule has 7 heteroatoms. The van der Waals surface area contributed by atoms with Gasteiger partial charge in [0.05, 0.1) is 5.52 Å². The minimum atomic E-state index is 0.407. The zero-order chi connectivity index (χ0) is 16.7. The molecule has 4 rings (SSSR count). The summed E-state index contributed by atoms with van der Waals surface area (Å²) in [5.41, 5.74) is 0.886. The van der Waals surface area contributed by atoms with Crippen molar-refractivity contribution in [3.63, 3.8) is 0 Å². The van der Waals surface area contributed by atoms with Crippen molar-refractivity contribution in [3.8, 4) is 0 Å². The van der Waals surface area contributed by atoms with Gasteiger partial charge in [0, 0.05) is 35.2 Å². The van der Waals surface area contributed by atoms with Crippen LogP contribution in [0, 0.1) is 5.92 Å². The zero-order valence-electron chi connectivity index (χ0n) is 13.6. The van der Waals surface area contributed by atoms with Crippen LogP contribution in [0.2, 0.25) is 0 Å². The number of nitrogens with zero attached hydrogens (tertiary/aromatic N) is 4. The summed E-state index contributed by atoms with van der Waals surface area (Å²) in [4.78, 5) is 9.34. The van der Waals surface area contributed by atoms with Gasteiger partial charge in [-0.05, 0) is 53.7 Å². The van der Waals surface area contributed by atoms with E-state index in [9.17, 15) is 0 Å². The second-order valence-corrected chi connectivity index (χ2v) is 7.16. The van der Waals surface area contributed by atoms with Gasteiger partial charge in [-0.2, -0.15) is 10.1 Å². The number of hydrogen-bond donors (Lipinski definition) is 2. The first-order chi connectivity index (χ1) is 11.6. The lowest BCUT2D eigenvalue weighted by Gasteiger charge is -2.16. The normalized spacial score (nSPS) is 15.5. The number of hydrogen-bond acceptors (Lipinski definition) is 5. The fourth-order valence-corrected chi connectivity index (χ4v) is 3.26. The summed E-state index contributed by atoms with van der Waals surface area (Å²) in [6.45, 7) is 2.22. The Hall–Kier alpha value is -2.15. The molecule has 0 spiro atoms. The smallest absolute Gasteiger partial charge is 0.231 e. The third-order valence-electron chi connectivity index (χ3n) is 4.32. The average molecular weight is 387 g/mol. The lowest BCUT2D eigenvalue weighted by atomic mass is 10.2. The summed E-state index contributed by atoms with van der Waals surface area (Å²) in [6, 6.07) is 8.35. The lowest BCUT2D eigenvalue weighted by molar-refractivity contribution is 0.691. The third kappa shape index (κ3) is 3.08. The molecule has 2 N–H and O–H groups in total. The van der Waals surface area contributed by atoms with Crippen LogP contribution in [0.5, 0.6) is 0 Å². The molecule has 0 radical (unpaired) electrons. The number of benzene rings is 1. The maximum absolute atomic E-state index is 4.69. The molecule has 2 aromatic heterocycles. The van der Waals surface area contributed by atoms with Crippen LogP contribution in [0.3, 0.4) is 0 Å². The van der Waals surface area contributed by atoms with Crippen LogP contribution in [-0.4, -0.2) is 25.8 Å². The Morgan fingerprint density at radius 3 is 2.79 bits per heavy atom. The van der Waals surface area contributed by atoms with Gasteiger partial charge in [0.2, 0.25) is 5.95 Å². The quantitative estimate of drug-likeness (QED) is 0.691. The predicted octanol–water partition coefficient (Wildman–Crippen LogP) is 4.08. The molecule has 0 bridgehead atoms. The summed E-state index contributed by atoms with van der Waals surface area (Å²) >= 11 is 3.60. The first-order valence-corrected chi connectivity index (χ1v) is 8.89. The van der Waals surface area contributed by atoms with Gasteiger partial charge in [0.25, 0.3) is 0 Å². The Morgan fingerprint density at radius 2 is 2.08 bits per heavy atom. The van der Waals surface area contributed by atoms with Crippen LogP contribution >= 0.6 is 15.9 Å². The highest BCUT2D eigenvalue weighted by Gasteiger charge is 2.28. The molecule has 1 fully saturated rings. The number of rotatable bonds is 5. The Balaban J connectivity index is 1.74. The van der Waals surface area contributed by atoms with Gasteiger partial charge in [-0.15, -0.1) is 0 Å². The van der Waals surface area contributed by atoms with Gasteiger partial charge in [-0.25, -0.2) is 4.98 Å². The van der Waals surface area contributed by atoms with Crippen molar-refractivity contribution >= 4 is 44.4 Å². The van der Waals surface area contributed by atoms with Crippen molar-refractivity contribution < 1.29 is 0 Å². The van der Waals surface area contributed by atoms with Gasteiger partial charge >= 0.3 is 0 Å². The van der Waals surface area contributed by atoms with Gasteiger partial charge in [0.1, 0.15) is 5.82 Å². The molecule has 6 nitrogen and oxygen atoms in total. The van der Waals surface area contributed by atoms with E-state index in [0.29, 0.717) is 12.0 Å². The molecule has 1 aliphatic rings. The van der Waals surface area contributed by atoms with Gasteiger partial charge in [-0.1, -0.05) is 6.07 Å². The lowest BCUT2D eigenvalue weighted by Crippen LogP contribution is -2.19. The molecular formula is C17H19BrN6. The Bertz CT molecular complexity index is 886. The highest BCUT2D eigenvalue weighted by molar-refractivity contribution is 9.10. The minimum Gasteiger partial charge on any atom is -0.367 e. The molecule has 0 unspecified atom stereocenters. The van der Waals surface area contributed by atoms with Crippen molar-refractivity contribution in [2.75, 3.05) is 10.6 Å². The molecule has 1 saturated carbocycles. The van der Waals surface area contributed by atoms with E-state index >= 15 is 0 Å². The van der Waals surface area contributed by atoms with Crippen molar-refractivity contribution in [3.05, 3.63) is 34.9 Å². The summed E-state index contributed by atoms with van der Waals surface area (Å²) < 4.78 is 2.70. The van der Waals surface area contributed by atoms with Crippen LogP contribution in [0.15, 0.2) is 34.9 Å². The van der Waals surface area contributed by atoms with E-state index in [4.69, 9.17) is 4.98 Å². The molecule has 0 aliphatic heterocycles. The molecule has 2 heterocycles. The fourth-order valence-electron chi connectivity index (χ4n) is 2.81. The maximum atomic E-state index is 4.69. The van der Waals surface area contributed by atoms with E-state index in [-0.39, 0.29) is 0 Å². The van der Waals surface area contributed by atoms with Crippen molar-refractivity contribution in [1.82, 2.24) is 19.7 Å². The van der Waals surface area contributed by atoms with Crippen LogP contribution < -0.4 is 10.6 Å². The average Bonchev–Trinajstić information content (AvgIpc) is 3.32. The third-order valence-corrected chi connectivity index (χ3v) is 4.96. The number of anilines is 3. The van der Waals surface area contributed by atoms with Crippen molar-refractivity contribution in [2.24, 2.45) is 13.0 Å². The number of nitrogens with one attached hydrogen (secondary N) is 2. The molecule has 1 atom stereocenters. The van der Waals surface area contributed by atoms with Crippen LogP contribution in [-0.2, 0) is 7.05 Å². The van der Waals surface area contributed by atoms with Crippen LogP contribution in [0.4, 0.5) is 17.6 Å². The number of para-hydroxylation sites is 1. The number of aromatic nitrogens is 4. The standard InChI is InChI=1S/C17H19BrN6/c1-10(11-6-7-11)19-16-12-4-3-5-13(18)15(12)21-17(22-16)20-14-8-9-24(2)23-14/h3-5,8-11H,6-7H2,1-2H3,(H2,19,20,21,22,23)/t10-/m1/s1. The SMILES string of the molecule is C[C@@H](Nc1nc(Nc2ccn(C)n2)nc2c(Br)cccc12)C1CC1. The summed E-state index contributed by atoms with van der Waals surface area (Å²) in [5, 5.41) is 12.1. The first kappa shape index (κ1) is 15.4. The zero-order valence-corrected chi connectivity index (χ0v) is 15.2. The monoisotopic (exact) mass is 386 g/mol. The van der Waals surface area contributed by atoms with E-state index in [2.05, 4.69) is 43.6 Å². The Morgan fingerprint density at radius 1 is 1.25 bits per heavy atom. The summed E-state index contributed by atoms with van der Waals surface area (Å²) in [7, 11) is 1.88. The molecule has 0 amide bonds. The minimum absolute atomic E-state index is 0.407. The topological polar surface area (TPSA) is 67.7 Å². The molecule has 1 aliphatic carbocycles. The molecular weight excluding hydrogens is 368 g/mol. The van der Waals surface area contributed by atoms with Gasteiger partial charge < -0.3 is 10.6 Å². The molecule has 1 aromatic carbocycles. The molecule has 0 saturated heterocycles. The second-order valence-electron chi connectivity index (χ2n) is 6.30. The molecule has 124 valence electrons. The van der Waals surface area contributed by atoms with E-state index in [1.165, 1.54) is 12.8 Å². The number of fused-ring (bicyclic) bond motifs is 1. The predicted molar refractivity (Wildman–Crippen MR) is 99.5 cm³/mol.